The molecule has 0 aliphatic rings. The van der Waals surface area contributed by atoms with Crippen LogP contribution >= 0.6 is 0 Å². The van der Waals surface area contributed by atoms with Crippen molar-refractivity contribution in [2.45, 2.75) is 19.1 Å². The summed E-state index contributed by atoms with van der Waals surface area (Å²) in [6.45, 7) is -0.110. The van der Waals surface area contributed by atoms with E-state index in [1.54, 1.807) is 0 Å². The fourth-order valence-corrected chi connectivity index (χ4v) is 4.04. The second-order valence-electron chi connectivity index (χ2n) is 8.01. The monoisotopic (exact) mass is 454 g/mol. The molecule has 170 valence electrons. The Bertz CT molecular complexity index is 1470. The molecule has 5 rings (SSSR count). The van der Waals surface area contributed by atoms with Crippen molar-refractivity contribution in [3.63, 3.8) is 0 Å². The zero-order chi connectivity index (χ0) is 23.5. The van der Waals surface area contributed by atoms with Crippen LogP contribution in [0.1, 0.15) is 11.3 Å². The SMILES string of the molecule is O=C(N[C@H](Cc1ccccc1)C(=O)O)OCc1cc2cc(-c3cccc4[nH]ccc34)ccc2o1. The average molecular weight is 454 g/mol. The molecule has 2 aromatic heterocycles. The number of hydrogen-bond acceptors (Lipinski definition) is 4. The fourth-order valence-electron chi connectivity index (χ4n) is 4.04. The minimum Gasteiger partial charge on any atom is -0.480 e. The van der Waals surface area contributed by atoms with E-state index < -0.39 is 18.1 Å². The van der Waals surface area contributed by atoms with E-state index in [0.29, 0.717) is 11.3 Å². The Kier molecular flexibility index (Phi) is 5.74. The van der Waals surface area contributed by atoms with Crippen LogP contribution in [0.25, 0.3) is 33.0 Å². The number of hydrogen-bond donors (Lipinski definition) is 3. The van der Waals surface area contributed by atoms with Gasteiger partial charge in [0.25, 0.3) is 0 Å². The van der Waals surface area contributed by atoms with E-state index in [2.05, 4.69) is 16.4 Å². The van der Waals surface area contributed by atoms with Gasteiger partial charge < -0.3 is 24.6 Å². The number of aromatic amines is 1. The molecule has 0 spiro atoms. The van der Waals surface area contributed by atoms with E-state index in [4.69, 9.17) is 9.15 Å². The molecule has 0 saturated heterocycles. The van der Waals surface area contributed by atoms with Crippen LogP contribution in [0.15, 0.2) is 89.5 Å². The highest BCUT2D eigenvalue weighted by atomic mass is 16.6. The Balaban J connectivity index is 1.26. The van der Waals surface area contributed by atoms with Crippen molar-refractivity contribution in [1.29, 1.82) is 0 Å². The number of carboxylic acid groups (broad SMARTS) is 1. The summed E-state index contributed by atoms with van der Waals surface area (Å²) in [7, 11) is 0. The zero-order valence-corrected chi connectivity index (χ0v) is 18.2. The molecule has 7 heteroatoms. The molecular formula is C27H22N2O5. The molecule has 7 nitrogen and oxygen atoms in total. The van der Waals surface area contributed by atoms with Crippen LogP contribution in [-0.2, 0) is 22.6 Å². The zero-order valence-electron chi connectivity index (χ0n) is 18.2. The standard InChI is InChI=1S/C27H22N2O5/c30-26(31)24(13-17-5-2-1-3-6-17)29-27(32)33-16-20-15-19-14-18(9-10-25(19)34-20)21-7-4-8-23-22(21)11-12-28-23/h1-12,14-15,24,28H,13,16H2,(H,29,32)(H,30,31)/t24-/m1/s1. The maximum absolute atomic E-state index is 12.2. The second-order valence-corrected chi connectivity index (χ2v) is 8.01. The van der Waals surface area contributed by atoms with Crippen LogP contribution in [0, 0.1) is 0 Å². The van der Waals surface area contributed by atoms with Crippen molar-refractivity contribution in [3.8, 4) is 11.1 Å². The lowest BCUT2D eigenvalue weighted by Crippen LogP contribution is -2.42. The summed E-state index contributed by atoms with van der Waals surface area (Å²) >= 11 is 0. The molecule has 0 fully saturated rings. The minimum absolute atomic E-state index is 0.110. The first-order valence-electron chi connectivity index (χ1n) is 10.9. The highest BCUT2D eigenvalue weighted by molar-refractivity contribution is 5.97. The molecule has 2 heterocycles. The van der Waals surface area contributed by atoms with Crippen molar-refractivity contribution in [2.75, 3.05) is 0 Å². The highest BCUT2D eigenvalue weighted by Gasteiger charge is 2.21. The van der Waals surface area contributed by atoms with E-state index in [-0.39, 0.29) is 13.0 Å². The van der Waals surface area contributed by atoms with Gasteiger partial charge in [0.15, 0.2) is 6.61 Å². The maximum Gasteiger partial charge on any atom is 0.408 e. The number of aromatic nitrogens is 1. The van der Waals surface area contributed by atoms with Gasteiger partial charge in [0.05, 0.1) is 0 Å². The number of carboxylic acids is 1. The summed E-state index contributed by atoms with van der Waals surface area (Å²) < 4.78 is 11.0. The Morgan fingerprint density at radius 2 is 1.85 bits per heavy atom. The Hall–Kier alpha value is -4.52. The van der Waals surface area contributed by atoms with Gasteiger partial charge >= 0.3 is 12.1 Å². The number of nitrogens with one attached hydrogen (secondary N) is 2. The van der Waals surface area contributed by atoms with Crippen LogP contribution in [0.2, 0.25) is 0 Å². The van der Waals surface area contributed by atoms with Gasteiger partial charge in [-0.25, -0.2) is 9.59 Å². The number of rotatable bonds is 7. The molecule has 3 aromatic carbocycles. The number of carbonyl (C=O) groups excluding carboxylic acids is 1. The van der Waals surface area contributed by atoms with Gasteiger partial charge in [-0.15, -0.1) is 0 Å². The topological polar surface area (TPSA) is 105 Å². The summed E-state index contributed by atoms with van der Waals surface area (Å²) in [6.07, 6.45) is 1.26. The molecule has 0 aliphatic heterocycles. The highest BCUT2D eigenvalue weighted by Crippen LogP contribution is 2.31. The first-order chi connectivity index (χ1) is 16.6. The number of furan rings is 1. The number of amides is 1. The Labute approximate surface area is 195 Å². The van der Waals surface area contributed by atoms with Gasteiger partial charge in [0, 0.05) is 28.9 Å². The van der Waals surface area contributed by atoms with Gasteiger partial charge in [-0.2, -0.15) is 0 Å². The molecule has 0 saturated carbocycles. The maximum atomic E-state index is 12.2. The molecule has 1 amide bonds. The van der Waals surface area contributed by atoms with Crippen LogP contribution in [0.3, 0.4) is 0 Å². The third-order valence-electron chi connectivity index (χ3n) is 5.69. The number of H-pyrrole nitrogens is 1. The Morgan fingerprint density at radius 1 is 1.00 bits per heavy atom. The van der Waals surface area contributed by atoms with Gasteiger partial charge in [-0.3, -0.25) is 0 Å². The predicted octanol–water partition coefficient (Wildman–Crippen LogP) is 5.50. The molecule has 0 aliphatic carbocycles. The lowest BCUT2D eigenvalue weighted by Gasteiger charge is -2.14. The van der Waals surface area contributed by atoms with Gasteiger partial charge in [0.1, 0.15) is 17.4 Å². The lowest BCUT2D eigenvalue weighted by atomic mass is 10.0. The normalized spacial score (nSPS) is 12.0. The lowest BCUT2D eigenvalue weighted by molar-refractivity contribution is -0.139. The third kappa shape index (κ3) is 4.49. The molecule has 3 N–H and O–H groups in total. The number of fused-ring (bicyclic) bond motifs is 2. The quantitative estimate of drug-likeness (QED) is 0.301. The van der Waals surface area contributed by atoms with Crippen molar-refractivity contribution in [2.24, 2.45) is 0 Å². The van der Waals surface area contributed by atoms with E-state index in [9.17, 15) is 14.7 Å². The number of benzene rings is 3. The van der Waals surface area contributed by atoms with E-state index in [1.165, 1.54) is 0 Å². The Morgan fingerprint density at radius 3 is 2.68 bits per heavy atom. The number of carbonyl (C=O) groups is 2. The molecule has 0 radical (unpaired) electrons. The van der Waals surface area contributed by atoms with Crippen molar-refractivity contribution < 1.29 is 23.8 Å². The molecule has 34 heavy (non-hydrogen) atoms. The summed E-state index contributed by atoms with van der Waals surface area (Å²) in [4.78, 5) is 27.0. The van der Waals surface area contributed by atoms with E-state index >= 15 is 0 Å². The summed E-state index contributed by atoms with van der Waals surface area (Å²) in [5.41, 5.74) is 4.71. The first-order valence-corrected chi connectivity index (χ1v) is 10.9. The summed E-state index contributed by atoms with van der Waals surface area (Å²) in [5, 5.41) is 13.9. The molecule has 1 atom stereocenters. The van der Waals surface area contributed by atoms with Gasteiger partial charge in [-0.05, 0) is 47.0 Å². The summed E-state index contributed by atoms with van der Waals surface area (Å²) in [5.74, 6) is -0.661. The van der Waals surface area contributed by atoms with Crippen molar-refractivity contribution in [3.05, 3.63) is 96.4 Å². The predicted molar refractivity (Wildman–Crippen MR) is 128 cm³/mol. The molecular weight excluding hydrogens is 432 g/mol. The molecule has 5 aromatic rings. The molecule has 0 unspecified atom stereocenters. The van der Waals surface area contributed by atoms with E-state index in [0.717, 1.165) is 33.0 Å². The largest absolute Gasteiger partial charge is 0.480 e. The number of aliphatic carboxylic acids is 1. The van der Waals surface area contributed by atoms with Crippen LogP contribution in [0.4, 0.5) is 4.79 Å². The van der Waals surface area contributed by atoms with Crippen molar-refractivity contribution in [1.82, 2.24) is 10.3 Å². The average Bonchev–Trinajstić information content (AvgIpc) is 3.49. The number of ether oxygens (including phenoxy) is 1. The van der Waals surface area contributed by atoms with Gasteiger partial charge in [0.2, 0.25) is 0 Å². The smallest absolute Gasteiger partial charge is 0.408 e. The molecule has 0 bridgehead atoms. The van der Waals surface area contributed by atoms with Crippen LogP contribution < -0.4 is 5.32 Å². The minimum atomic E-state index is -1.13. The van der Waals surface area contributed by atoms with Gasteiger partial charge in [-0.1, -0.05) is 48.5 Å². The summed E-state index contributed by atoms with van der Waals surface area (Å²) in [6, 6.07) is 23.9. The third-order valence-corrected chi connectivity index (χ3v) is 5.69. The van der Waals surface area contributed by atoms with Crippen LogP contribution in [-0.4, -0.2) is 28.2 Å². The van der Waals surface area contributed by atoms with E-state index in [1.807, 2.05) is 79.0 Å². The first kappa shape index (κ1) is 21.3. The fraction of sp³-hybridized carbons (Fsp3) is 0.111. The second kappa shape index (κ2) is 9.15. The number of alkyl carbamates (subject to hydrolysis) is 1. The van der Waals surface area contributed by atoms with Crippen molar-refractivity contribution >= 4 is 33.9 Å². The van der Waals surface area contributed by atoms with Crippen LogP contribution in [0.5, 0.6) is 0 Å².